The molecule has 2 aromatic carbocycles. The van der Waals surface area contributed by atoms with E-state index in [1.54, 1.807) is 49.3 Å². The van der Waals surface area contributed by atoms with Crippen molar-refractivity contribution in [3.8, 4) is 17.2 Å². The van der Waals surface area contributed by atoms with Gasteiger partial charge in [0.05, 0.1) is 38.0 Å². The average Bonchev–Trinajstić information content (AvgIpc) is 3.20. The molecule has 10 nitrogen and oxygen atoms in total. The van der Waals surface area contributed by atoms with Gasteiger partial charge < -0.3 is 23.8 Å². The maximum Gasteiger partial charge on any atom is 0.344 e. The number of likely N-dealkylation sites (tertiary alicyclic amines) is 1. The second-order valence-electron chi connectivity index (χ2n) is 10.4. The summed E-state index contributed by atoms with van der Waals surface area (Å²) in [6.07, 6.45) is 1.21. The van der Waals surface area contributed by atoms with E-state index in [0.29, 0.717) is 54.5 Å². The molecule has 0 aromatic heterocycles. The van der Waals surface area contributed by atoms with Gasteiger partial charge in [0.15, 0.2) is 18.1 Å². The van der Waals surface area contributed by atoms with Gasteiger partial charge in [-0.15, -0.1) is 0 Å². The van der Waals surface area contributed by atoms with Gasteiger partial charge in [-0.1, -0.05) is 6.07 Å². The number of methoxy groups -OCH3 is 2. The number of rotatable bonds is 9. The van der Waals surface area contributed by atoms with Crippen LogP contribution in [-0.2, 0) is 14.3 Å². The predicted octanol–water partition coefficient (Wildman–Crippen LogP) is 3.83. The molecule has 0 unspecified atom stereocenters. The number of hydrazone groups is 1. The fourth-order valence-electron chi connectivity index (χ4n) is 5.07. The van der Waals surface area contributed by atoms with E-state index in [9.17, 15) is 14.4 Å². The molecule has 10 heteroatoms. The lowest BCUT2D eigenvalue weighted by atomic mass is 9.83. The Balaban J connectivity index is 1.45. The highest BCUT2D eigenvalue weighted by Gasteiger charge is 2.47. The van der Waals surface area contributed by atoms with E-state index in [1.165, 1.54) is 0 Å². The molecule has 0 atom stereocenters. The van der Waals surface area contributed by atoms with Gasteiger partial charge in [0.1, 0.15) is 5.75 Å². The fraction of sp³-hybridized carbons (Fsp3) is 0.467. The molecule has 0 N–H and O–H groups in total. The summed E-state index contributed by atoms with van der Waals surface area (Å²) in [6, 6.07) is 10.6. The highest BCUT2D eigenvalue weighted by molar-refractivity contribution is 6.19. The Morgan fingerprint density at radius 2 is 1.73 bits per heavy atom. The number of hydrogen-bond acceptors (Lipinski definition) is 8. The lowest BCUT2D eigenvalue weighted by molar-refractivity contribution is -0.145. The number of ether oxygens (including phenoxy) is 4. The largest absolute Gasteiger partial charge is 0.493 e. The first-order chi connectivity index (χ1) is 19.1. The van der Waals surface area contributed by atoms with Crippen LogP contribution in [0.2, 0.25) is 0 Å². The Bertz CT molecular complexity index is 1310. The van der Waals surface area contributed by atoms with Crippen molar-refractivity contribution in [3.05, 3.63) is 53.1 Å². The SMILES string of the molecule is CCOC(=O)COc1ccc(C)c(C(=O)N2CCC(N3N=C(c4ccc(OC)c(OC)c4)C(C)(C)C3=O)CC2)c1. The van der Waals surface area contributed by atoms with Crippen LogP contribution in [0, 0.1) is 12.3 Å². The molecule has 2 amide bonds. The third-order valence-electron chi connectivity index (χ3n) is 7.40. The second-order valence-corrected chi connectivity index (χ2v) is 10.4. The standard InChI is InChI=1S/C30H37N3O7/c1-7-39-26(34)18-40-22-10-8-19(2)23(17-22)28(35)32-14-12-21(13-15-32)33-29(36)30(3,4)27(31-33)20-9-11-24(37-5)25(16-20)38-6/h8-11,16-17,21H,7,12-15,18H2,1-6H3. The third kappa shape index (κ3) is 5.76. The Kier molecular flexibility index (Phi) is 8.66. The van der Waals surface area contributed by atoms with E-state index in [2.05, 4.69) is 0 Å². The number of esters is 1. The van der Waals surface area contributed by atoms with E-state index < -0.39 is 11.4 Å². The summed E-state index contributed by atoms with van der Waals surface area (Å²) >= 11 is 0. The molecule has 4 rings (SSSR count). The van der Waals surface area contributed by atoms with E-state index in [-0.39, 0.29) is 31.1 Å². The Morgan fingerprint density at radius 3 is 2.38 bits per heavy atom. The van der Waals surface area contributed by atoms with Gasteiger partial charge in [0, 0.05) is 24.2 Å². The Labute approximate surface area is 234 Å². The van der Waals surface area contributed by atoms with Crippen LogP contribution in [0.4, 0.5) is 0 Å². The number of benzene rings is 2. The van der Waals surface area contributed by atoms with Crippen molar-refractivity contribution in [1.29, 1.82) is 0 Å². The fourth-order valence-corrected chi connectivity index (χ4v) is 5.07. The first-order valence-electron chi connectivity index (χ1n) is 13.4. The summed E-state index contributed by atoms with van der Waals surface area (Å²) in [5, 5.41) is 6.39. The quantitative estimate of drug-likeness (QED) is 0.436. The summed E-state index contributed by atoms with van der Waals surface area (Å²) in [5.41, 5.74) is 2.00. The number of hydrogen-bond donors (Lipinski definition) is 0. The highest BCUT2D eigenvalue weighted by atomic mass is 16.6. The molecular weight excluding hydrogens is 514 g/mol. The molecule has 0 radical (unpaired) electrons. The smallest absolute Gasteiger partial charge is 0.344 e. The minimum absolute atomic E-state index is 0.0654. The van der Waals surface area contributed by atoms with Gasteiger partial charge in [-0.3, -0.25) is 9.59 Å². The van der Waals surface area contributed by atoms with Crippen LogP contribution < -0.4 is 14.2 Å². The molecule has 0 aliphatic carbocycles. The van der Waals surface area contributed by atoms with Crippen molar-refractivity contribution < 1.29 is 33.3 Å². The summed E-state index contributed by atoms with van der Waals surface area (Å²) in [5.74, 6) is 0.967. The van der Waals surface area contributed by atoms with Gasteiger partial charge in [0.2, 0.25) is 0 Å². The van der Waals surface area contributed by atoms with Gasteiger partial charge in [-0.05, 0) is 76.4 Å². The number of aryl methyl sites for hydroxylation is 1. The molecule has 40 heavy (non-hydrogen) atoms. The second kappa shape index (κ2) is 12.0. The molecule has 1 fully saturated rings. The maximum absolute atomic E-state index is 13.5. The molecule has 0 spiro atoms. The van der Waals surface area contributed by atoms with Gasteiger partial charge in [-0.2, -0.15) is 5.10 Å². The van der Waals surface area contributed by atoms with Crippen LogP contribution in [-0.4, -0.2) is 80.0 Å². The van der Waals surface area contributed by atoms with Crippen molar-refractivity contribution in [2.75, 3.05) is 40.5 Å². The number of carbonyl (C=O) groups excluding carboxylic acids is 3. The van der Waals surface area contributed by atoms with Crippen LogP contribution in [0.1, 0.15) is 55.1 Å². The van der Waals surface area contributed by atoms with E-state index in [1.807, 2.05) is 39.0 Å². The molecule has 2 aliphatic rings. The first-order valence-corrected chi connectivity index (χ1v) is 13.4. The predicted molar refractivity (Wildman–Crippen MR) is 149 cm³/mol. The summed E-state index contributed by atoms with van der Waals surface area (Å²) in [4.78, 5) is 40.3. The summed E-state index contributed by atoms with van der Waals surface area (Å²) in [7, 11) is 3.15. The molecule has 2 aromatic rings. The molecule has 0 bridgehead atoms. The van der Waals surface area contributed by atoms with Crippen LogP contribution in [0.5, 0.6) is 17.2 Å². The molecule has 2 heterocycles. The average molecular weight is 552 g/mol. The summed E-state index contributed by atoms with van der Waals surface area (Å²) in [6.45, 7) is 8.39. The lowest BCUT2D eigenvalue weighted by Gasteiger charge is -2.35. The van der Waals surface area contributed by atoms with Crippen LogP contribution in [0.15, 0.2) is 41.5 Å². The molecule has 2 aliphatic heterocycles. The van der Waals surface area contributed by atoms with Crippen molar-refractivity contribution in [2.45, 2.75) is 46.6 Å². The van der Waals surface area contributed by atoms with Gasteiger partial charge >= 0.3 is 5.97 Å². The van der Waals surface area contributed by atoms with Crippen molar-refractivity contribution in [1.82, 2.24) is 9.91 Å². The zero-order chi connectivity index (χ0) is 29.0. The van der Waals surface area contributed by atoms with E-state index in [0.717, 1.165) is 11.1 Å². The number of amides is 2. The van der Waals surface area contributed by atoms with Crippen molar-refractivity contribution in [3.63, 3.8) is 0 Å². The Hall–Kier alpha value is -4.08. The van der Waals surface area contributed by atoms with E-state index >= 15 is 0 Å². The number of nitrogens with zero attached hydrogens (tertiary/aromatic N) is 3. The normalized spacial score (nSPS) is 16.9. The van der Waals surface area contributed by atoms with E-state index in [4.69, 9.17) is 24.0 Å². The minimum Gasteiger partial charge on any atom is -0.493 e. The molecular formula is C30H37N3O7. The zero-order valence-corrected chi connectivity index (χ0v) is 24.0. The molecule has 0 saturated carbocycles. The number of carbonyl (C=O) groups is 3. The minimum atomic E-state index is -0.812. The lowest BCUT2D eigenvalue weighted by Crippen LogP contribution is -2.47. The third-order valence-corrected chi connectivity index (χ3v) is 7.40. The van der Waals surface area contributed by atoms with Crippen LogP contribution in [0.25, 0.3) is 0 Å². The van der Waals surface area contributed by atoms with Crippen molar-refractivity contribution in [2.24, 2.45) is 10.5 Å². The summed E-state index contributed by atoms with van der Waals surface area (Å²) < 4.78 is 21.2. The van der Waals surface area contributed by atoms with Gasteiger partial charge in [-0.25, -0.2) is 9.80 Å². The Morgan fingerprint density at radius 1 is 1.02 bits per heavy atom. The highest BCUT2D eigenvalue weighted by Crippen LogP contribution is 2.37. The first kappa shape index (κ1) is 28.9. The zero-order valence-electron chi connectivity index (χ0n) is 24.0. The topological polar surface area (TPSA) is 107 Å². The molecule has 1 saturated heterocycles. The van der Waals surface area contributed by atoms with Crippen LogP contribution >= 0.6 is 0 Å². The monoisotopic (exact) mass is 551 g/mol. The maximum atomic E-state index is 13.5. The van der Waals surface area contributed by atoms with Gasteiger partial charge in [0.25, 0.3) is 11.8 Å². The van der Waals surface area contributed by atoms with Crippen LogP contribution in [0.3, 0.4) is 0 Å². The molecule has 214 valence electrons. The van der Waals surface area contributed by atoms with Crippen molar-refractivity contribution >= 4 is 23.5 Å². The number of piperidine rings is 1.